The second-order valence-corrected chi connectivity index (χ2v) is 5.34. The Morgan fingerprint density at radius 1 is 1.14 bits per heavy atom. The fraction of sp³-hybridized carbons (Fsp3) is 0.312. The van der Waals surface area contributed by atoms with Crippen molar-refractivity contribution in [2.24, 2.45) is 0 Å². The van der Waals surface area contributed by atoms with Crippen LogP contribution in [-0.4, -0.2) is 26.5 Å². The van der Waals surface area contributed by atoms with Crippen LogP contribution in [0.3, 0.4) is 0 Å². The first-order valence-corrected chi connectivity index (χ1v) is 7.30. The first kappa shape index (κ1) is 14.5. The molecule has 1 N–H and O–H groups in total. The van der Waals surface area contributed by atoms with E-state index in [1.165, 1.54) is 11.1 Å². The van der Waals surface area contributed by atoms with E-state index in [0.717, 1.165) is 18.7 Å². The average molecular weight is 297 g/mol. The molecular formula is C16H19N5O. The molecule has 114 valence electrons. The number of aromatic nitrogens is 4. The summed E-state index contributed by atoms with van der Waals surface area (Å²) < 4.78 is 7.20. The minimum absolute atomic E-state index is 0.555. The Kier molecular flexibility index (Phi) is 4.29. The summed E-state index contributed by atoms with van der Waals surface area (Å²) in [5.41, 5.74) is 3.32. The van der Waals surface area contributed by atoms with E-state index in [1.807, 2.05) is 55.2 Å². The van der Waals surface area contributed by atoms with E-state index >= 15 is 0 Å². The highest BCUT2D eigenvalue weighted by molar-refractivity contribution is 5.53. The summed E-state index contributed by atoms with van der Waals surface area (Å²) in [6.45, 7) is 6.28. The summed E-state index contributed by atoms with van der Waals surface area (Å²) in [5, 5.41) is 11.5. The van der Waals surface area contributed by atoms with Gasteiger partial charge in [0.15, 0.2) is 5.82 Å². The molecule has 0 aliphatic heterocycles. The second-order valence-electron chi connectivity index (χ2n) is 5.34. The van der Waals surface area contributed by atoms with Gasteiger partial charge < -0.3 is 9.84 Å². The molecule has 6 heteroatoms. The largest absolute Gasteiger partial charge is 0.334 e. The van der Waals surface area contributed by atoms with E-state index in [9.17, 15) is 0 Å². The molecule has 0 atom stereocenters. The Labute approximate surface area is 129 Å². The fourth-order valence-corrected chi connectivity index (χ4v) is 2.12. The third-order valence-corrected chi connectivity index (χ3v) is 3.33. The Balaban J connectivity index is 1.50. The molecule has 0 aliphatic carbocycles. The van der Waals surface area contributed by atoms with Crippen LogP contribution in [0.5, 0.6) is 0 Å². The van der Waals surface area contributed by atoms with Gasteiger partial charge in [-0.15, -0.1) is 0 Å². The standard InChI is InChI=1S/C16H19N5O/c1-12-3-5-14(6-4-12)16-19-15(20-22-16)10-17-7-8-21-11-13(2)9-18-21/h3-6,9,11,17H,7-8,10H2,1-2H3. The van der Waals surface area contributed by atoms with Crippen LogP contribution in [0.1, 0.15) is 17.0 Å². The van der Waals surface area contributed by atoms with E-state index < -0.39 is 0 Å². The first-order valence-electron chi connectivity index (χ1n) is 7.30. The summed E-state index contributed by atoms with van der Waals surface area (Å²) in [6, 6.07) is 8.03. The summed E-state index contributed by atoms with van der Waals surface area (Å²) in [4.78, 5) is 4.40. The van der Waals surface area contributed by atoms with Crippen molar-refractivity contribution in [3.05, 3.63) is 53.6 Å². The zero-order valence-electron chi connectivity index (χ0n) is 12.8. The van der Waals surface area contributed by atoms with Gasteiger partial charge in [0.1, 0.15) is 0 Å². The van der Waals surface area contributed by atoms with Gasteiger partial charge in [0.2, 0.25) is 0 Å². The number of nitrogens with one attached hydrogen (secondary N) is 1. The molecule has 2 aromatic heterocycles. The van der Waals surface area contributed by atoms with E-state index in [-0.39, 0.29) is 0 Å². The topological polar surface area (TPSA) is 68.8 Å². The van der Waals surface area contributed by atoms with Gasteiger partial charge in [-0.05, 0) is 31.5 Å². The SMILES string of the molecule is Cc1ccc(-c2nc(CNCCn3cc(C)cn3)no2)cc1. The molecule has 0 fully saturated rings. The third-order valence-electron chi connectivity index (χ3n) is 3.33. The van der Waals surface area contributed by atoms with Gasteiger partial charge in [-0.3, -0.25) is 4.68 Å². The molecule has 0 radical (unpaired) electrons. The monoisotopic (exact) mass is 297 g/mol. The number of hydrogen-bond donors (Lipinski definition) is 1. The molecular weight excluding hydrogens is 278 g/mol. The van der Waals surface area contributed by atoms with Crippen molar-refractivity contribution < 1.29 is 4.52 Å². The van der Waals surface area contributed by atoms with E-state index in [0.29, 0.717) is 18.3 Å². The Morgan fingerprint density at radius 3 is 2.68 bits per heavy atom. The fourth-order valence-electron chi connectivity index (χ4n) is 2.12. The highest BCUT2D eigenvalue weighted by atomic mass is 16.5. The van der Waals surface area contributed by atoms with Gasteiger partial charge >= 0.3 is 0 Å². The molecule has 0 bridgehead atoms. The lowest BCUT2D eigenvalue weighted by atomic mass is 10.1. The summed E-state index contributed by atoms with van der Waals surface area (Å²) in [6.07, 6.45) is 3.87. The molecule has 1 aromatic carbocycles. The van der Waals surface area contributed by atoms with E-state index in [1.54, 1.807) is 0 Å². The van der Waals surface area contributed by atoms with Gasteiger partial charge in [0.05, 0.1) is 19.3 Å². The van der Waals surface area contributed by atoms with Crippen LogP contribution in [0.2, 0.25) is 0 Å². The van der Waals surface area contributed by atoms with Crippen LogP contribution in [0, 0.1) is 13.8 Å². The molecule has 22 heavy (non-hydrogen) atoms. The number of benzene rings is 1. The second kappa shape index (κ2) is 6.53. The lowest BCUT2D eigenvalue weighted by Gasteiger charge is -2.01. The van der Waals surface area contributed by atoms with Crippen molar-refractivity contribution >= 4 is 0 Å². The maximum atomic E-state index is 5.29. The number of hydrogen-bond acceptors (Lipinski definition) is 5. The van der Waals surface area contributed by atoms with Crippen LogP contribution >= 0.6 is 0 Å². The molecule has 0 aliphatic rings. The summed E-state index contributed by atoms with van der Waals surface area (Å²) >= 11 is 0. The zero-order chi connectivity index (χ0) is 15.4. The smallest absolute Gasteiger partial charge is 0.257 e. The predicted octanol–water partition coefficient (Wildman–Crippen LogP) is 2.34. The van der Waals surface area contributed by atoms with Crippen molar-refractivity contribution in [1.29, 1.82) is 0 Å². The van der Waals surface area contributed by atoms with E-state index in [4.69, 9.17) is 4.52 Å². The van der Waals surface area contributed by atoms with Crippen molar-refractivity contribution in [3.8, 4) is 11.5 Å². The van der Waals surface area contributed by atoms with Gasteiger partial charge in [-0.25, -0.2) is 0 Å². The molecule has 0 amide bonds. The lowest BCUT2D eigenvalue weighted by molar-refractivity contribution is 0.418. The Morgan fingerprint density at radius 2 is 1.95 bits per heavy atom. The molecule has 6 nitrogen and oxygen atoms in total. The maximum absolute atomic E-state index is 5.29. The van der Waals surface area contributed by atoms with Crippen LogP contribution in [-0.2, 0) is 13.1 Å². The average Bonchev–Trinajstić information content (AvgIpc) is 3.14. The first-order chi connectivity index (χ1) is 10.7. The zero-order valence-corrected chi connectivity index (χ0v) is 12.8. The molecule has 0 unspecified atom stereocenters. The number of nitrogens with zero attached hydrogens (tertiary/aromatic N) is 4. The van der Waals surface area contributed by atoms with Crippen LogP contribution in [0.15, 0.2) is 41.2 Å². The van der Waals surface area contributed by atoms with Crippen LogP contribution in [0.25, 0.3) is 11.5 Å². The number of aryl methyl sites for hydroxylation is 2. The summed E-state index contributed by atoms with van der Waals surface area (Å²) in [5.74, 6) is 1.21. The van der Waals surface area contributed by atoms with Crippen LogP contribution < -0.4 is 5.32 Å². The van der Waals surface area contributed by atoms with Crippen molar-refractivity contribution in [1.82, 2.24) is 25.2 Å². The molecule has 0 saturated heterocycles. The van der Waals surface area contributed by atoms with Gasteiger partial charge in [0, 0.05) is 18.3 Å². The normalized spacial score (nSPS) is 11.0. The molecule has 3 aromatic rings. The Hall–Kier alpha value is -2.47. The van der Waals surface area contributed by atoms with Crippen molar-refractivity contribution in [3.63, 3.8) is 0 Å². The third kappa shape index (κ3) is 3.59. The Bertz CT molecular complexity index is 729. The highest BCUT2D eigenvalue weighted by Crippen LogP contribution is 2.17. The number of rotatable bonds is 6. The van der Waals surface area contributed by atoms with E-state index in [2.05, 4.69) is 20.6 Å². The quantitative estimate of drug-likeness (QED) is 0.707. The minimum Gasteiger partial charge on any atom is -0.334 e. The molecule has 3 rings (SSSR count). The molecule has 0 saturated carbocycles. The van der Waals surface area contributed by atoms with Crippen LogP contribution in [0.4, 0.5) is 0 Å². The summed E-state index contributed by atoms with van der Waals surface area (Å²) in [7, 11) is 0. The van der Waals surface area contributed by atoms with Crippen molar-refractivity contribution in [2.75, 3.05) is 6.54 Å². The van der Waals surface area contributed by atoms with Gasteiger partial charge in [0.25, 0.3) is 5.89 Å². The lowest BCUT2D eigenvalue weighted by Crippen LogP contribution is -2.20. The predicted molar refractivity (Wildman–Crippen MR) is 83.1 cm³/mol. The van der Waals surface area contributed by atoms with Gasteiger partial charge in [-0.1, -0.05) is 22.9 Å². The van der Waals surface area contributed by atoms with Crippen molar-refractivity contribution in [2.45, 2.75) is 26.9 Å². The maximum Gasteiger partial charge on any atom is 0.257 e. The minimum atomic E-state index is 0.555. The molecule has 0 spiro atoms. The molecule has 2 heterocycles. The van der Waals surface area contributed by atoms with Gasteiger partial charge in [-0.2, -0.15) is 10.1 Å². The highest BCUT2D eigenvalue weighted by Gasteiger charge is 2.08.